The Morgan fingerprint density at radius 3 is 0.680 bits per heavy atom. The molecule has 0 heterocycles. The molecule has 0 saturated carbocycles. The fraction of sp³-hybridized carbons (Fsp3) is 0. The topological polar surface area (TPSA) is 0 Å². The van der Waals surface area contributed by atoms with E-state index >= 15 is 0 Å². The Morgan fingerprint density at radius 1 is 0.280 bits per heavy atom. The van der Waals surface area contributed by atoms with Gasteiger partial charge in [-0.15, -0.1) is 0 Å². The fourth-order valence-electron chi connectivity index (χ4n) is 3.75. The second kappa shape index (κ2) is 7.28. The van der Waals surface area contributed by atoms with Crippen molar-refractivity contribution in [2.75, 3.05) is 0 Å². The van der Waals surface area contributed by atoms with Gasteiger partial charge in [0.05, 0.1) is 0 Å². The van der Waals surface area contributed by atoms with Gasteiger partial charge in [-0.25, -0.2) is 0 Å². The van der Waals surface area contributed by atoms with E-state index in [9.17, 15) is 0 Å². The van der Waals surface area contributed by atoms with Crippen molar-refractivity contribution >= 4 is 32.7 Å². The summed E-state index contributed by atoms with van der Waals surface area (Å²) in [6.07, 6.45) is 0. The molecule has 0 spiro atoms. The molecule has 0 bridgehead atoms. The molecule has 0 aliphatic rings. The molecule has 120 valence electrons. The van der Waals surface area contributed by atoms with E-state index < -0.39 is 18.4 Å². The number of rotatable bonds is 4. The van der Waals surface area contributed by atoms with Crippen molar-refractivity contribution in [3.63, 3.8) is 0 Å². The van der Waals surface area contributed by atoms with Gasteiger partial charge in [0.25, 0.3) is 0 Å². The molecule has 0 amide bonds. The molecule has 4 aromatic rings. The third-order valence-corrected chi connectivity index (χ3v) is 18.5. The zero-order valence-electron chi connectivity index (χ0n) is 14.0. The Morgan fingerprint density at radius 2 is 0.480 bits per heavy atom. The van der Waals surface area contributed by atoms with Crippen LogP contribution in [0.25, 0.3) is 0 Å². The van der Waals surface area contributed by atoms with Crippen LogP contribution in [0.4, 0.5) is 0 Å². The van der Waals surface area contributed by atoms with E-state index in [1.165, 1.54) is 14.3 Å². The summed E-state index contributed by atoms with van der Waals surface area (Å²) in [6.45, 7) is 0. The Kier molecular flexibility index (Phi) is 4.71. The van der Waals surface area contributed by atoms with Crippen molar-refractivity contribution in [1.29, 1.82) is 0 Å². The van der Waals surface area contributed by atoms with E-state index in [4.69, 9.17) is 0 Å². The van der Waals surface area contributed by atoms with Gasteiger partial charge >= 0.3 is 154 Å². The third kappa shape index (κ3) is 2.91. The molecular formula is C24H20Sn. The van der Waals surface area contributed by atoms with Gasteiger partial charge in [-0.05, 0) is 0 Å². The monoisotopic (exact) mass is 606 g/mol. The Bertz CT molecular complexity index is 753. The van der Waals surface area contributed by atoms with Crippen LogP contribution in [0.1, 0.15) is 0 Å². The minimum absolute atomic E-state index is 1.49. The summed E-state index contributed by atoms with van der Waals surface area (Å²) in [5.74, 6) is 0. The van der Waals surface area contributed by atoms with Crippen molar-refractivity contribution in [2.45, 2.75) is 0 Å². The van der Waals surface area contributed by atoms with Crippen LogP contribution in [-0.2, 0) is 0 Å². The van der Waals surface area contributed by atoms with E-state index in [2.05, 4.69) is 121 Å². The van der Waals surface area contributed by atoms with Crippen LogP contribution in [0, 0.1) is 0 Å². The summed E-state index contributed by atoms with van der Waals surface area (Å²) in [7, 11) is 0. The van der Waals surface area contributed by atoms with Crippen LogP contribution < -0.4 is 14.3 Å². The summed E-state index contributed by atoms with van der Waals surface area (Å²) in [5, 5.41) is 0. The van der Waals surface area contributed by atoms with E-state index in [0.29, 0.717) is 0 Å². The van der Waals surface area contributed by atoms with E-state index in [1.807, 2.05) is 0 Å². The molecule has 0 aliphatic heterocycles. The number of hydrogen-bond acceptors (Lipinski definition) is 0. The Balaban J connectivity index is 2.13. The molecule has 4 aromatic carbocycles. The summed E-state index contributed by atoms with van der Waals surface area (Å²) < 4.78 is 5.95. The van der Waals surface area contributed by atoms with E-state index in [0.717, 1.165) is 0 Å². The maximum atomic E-state index is 2.32. The van der Waals surface area contributed by atoms with Gasteiger partial charge in [-0.2, -0.15) is 0 Å². The second-order valence-electron chi connectivity index (χ2n) is 6.21. The zero-order valence-corrected chi connectivity index (χ0v) is 16.9. The van der Waals surface area contributed by atoms with Gasteiger partial charge in [0, 0.05) is 0 Å². The number of hydrogen-bond donors (Lipinski definition) is 0. The Hall–Kier alpha value is -2.32. The normalized spacial score (nSPS) is 11.2. The molecule has 4 rings (SSSR count). The molecule has 0 radical (unpaired) electrons. The van der Waals surface area contributed by atoms with E-state index in [-0.39, 0.29) is 0 Å². The summed E-state index contributed by atoms with van der Waals surface area (Å²) in [5.41, 5.74) is 0. The van der Waals surface area contributed by atoms with Gasteiger partial charge in [0.1, 0.15) is 0 Å². The summed E-state index contributed by atoms with van der Waals surface area (Å²) in [6, 6.07) is 44.4. The molecule has 0 aromatic heterocycles. The van der Waals surface area contributed by atoms with Crippen LogP contribution in [0.3, 0.4) is 0 Å². The van der Waals surface area contributed by atoms with Crippen LogP contribution >= 0.6 is 0 Å². The average molecular weight is 606 g/mol. The van der Waals surface area contributed by atoms with Crippen LogP contribution in [0.15, 0.2) is 121 Å². The second-order valence-corrected chi connectivity index (χ2v) is 17.1. The molecule has 0 saturated heterocycles. The van der Waals surface area contributed by atoms with Crippen molar-refractivity contribution in [3.05, 3.63) is 121 Å². The molecule has 0 atom stereocenters. The first-order valence-electron chi connectivity index (χ1n) is 8.64. The molecule has 0 unspecified atom stereocenters. The maximum absolute atomic E-state index is 3.31. The molecule has 0 aliphatic carbocycles. The predicted octanol–water partition coefficient (Wildman–Crippen LogP) is 3.06. The van der Waals surface area contributed by atoms with Gasteiger partial charge in [-0.3, -0.25) is 0 Å². The van der Waals surface area contributed by atoms with Crippen LogP contribution in [0.5, 0.6) is 0 Å². The van der Waals surface area contributed by atoms with Gasteiger partial charge in [-0.1, -0.05) is 0 Å². The van der Waals surface area contributed by atoms with Crippen molar-refractivity contribution in [3.8, 4) is 0 Å². The SMILES string of the molecule is c1cc[c]([298Sn]([c]2ccccc2)([c]2ccccc2)[c]2ccccc2)cc1. The van der Waals surface area contributed by atoms with Crippen molar-refractivity contribution < 1.29 is 0 Å². The zero-order chi connectivity index (χ0) is 17.0. The fourth-order valence-corrected chi connectivity index (χ4v) is 17.4. The first-order valence-corrected chi connectivity index (χ1v) is 14.4. The van der Waals surface area contributed by atoms with Crippen LogP contribution in [-0.4, -0.2) is 18.4 Å². The number of benzene rings is 4. The molecule has 1 heteroatoms. The predicted molar refractivity (Wildman–Crippen MR) is 110 cm³/mol. The van der Waals surface area contributed by atoms with E-state index in [1.54, 1.807) is 0 Å². The average Bonchev–Trinajstić information content (AvgIpc) is 2.72. The molecule has 0 nitrogen and oxygen atoms in total. The standard InChI is InChI=1S/4C6H5.Sn/c4*1-2-4-6-5-3-1;/h4*1-5H;/i;;;;1+76. The molecular weight excluding hydrogens is 586 g/mol. The first kappa shape index (κ1) is 16.2. The molecule has 25 heavy (non-hydrogen) atoms. The van der Waals surface area contributed by atoms with Crippen molar-refractivity contribution in [1.82, 2.24) is 0 Å². The first-order chi connectivity index (χ1) is 12.4. The van der Waals surface area contributed by atoms with Crippen molar-refractivity contribution in [2.24, 2.45) is 0 Å². The third-order valence-electron chi connectivity index (χ3n) is 4.83. The van der Waals surface area contributed by atoms with Gasteiger partial charge in [0.2, 0.25) is 0 Å². The quantitative estimate of drug-likeness (QED) is 0.314. The molecule has 0 N–H and O–H groups in total. The minimum atomic E-state index is -3.31. The Labute approximate surface area is 153 Å². The summed E-state index contributed by atoms with van der Waals surface area (Å²) in [4.78, 5) is 0. The molecule has 0 fully saturated rings. The summed E-state index contributed by atoms with van der Waals surface area (Å²) >= 11 is -3.31. The van der Waals surface area contributed by atoms with Crippen LogP contribution in [0.2, 0.25) is 0 Å². The van der Waals surface area contributed by atoms with Gasteiger partial charge < -0.3 is 0 Å². The van der Waals surface area contributed by atoms with Gasteiger partial charge in [0.15, 0.2) is 0 Å².